The predicted octanol–water partition coefficient (Wildman–Crippen LogP) is 6.52. The van der Waals surface area contributed by atoms with Crippen LogP contribution in [-0.4, -0.2) is 25.2 Å². The van der Waals surface area contributed by atoms with Gasteiger partial charge < -0.3 is 9.47 Å². The van der Waals surface area contributed by atoms with Crippen LogP contribution in [0.15, 0.2) is 11.1 Å². The van der Waals surface area contributed by atoms with Crippen molar-refractivity contribution in [1.82, 2.24) is 0 Å². The zero-order chi connectivity index (χ0) is 20.6. The Morgan fingerprint density at radius 3 is 1.89 bits per heavy atom. The Morgan fingerprint density at radius 2 is 1.29 bits per heavy atom. The summed E-state index contributed by atoms with van der Waals surface area (Å²) in [5.41, 5.74) is 1.22. The summed E-state index contributed by atoms with van der Waals surface area (Å²) >= 11 is 0. The van der Waals surface area contributed by atoms with Crippen LogP contribution in [0.25, 0.3) is 0 Å². The fraction of sp³-hybridized carbons (Fsp3) is 0.833. The molecule has 0 amide bonds. The van der Waals surface area contributed by atoms with E-state index in [-0.39, 0.29) is 17.9 Å². The fourth-order valence-corrected chi connectivity index (χ4v) is 3.91. The monoisotopic (exact) mass is 394 g/mol. The molecule has 1 fully saturated rings. The normalized spacial score (nSPS) is 15.8. The van der Waals surface area contributed by atoms with Crippen LogP contribution in [0.4, 0.5) is 0 Å². The van der Waals surface area contributed by atoms with Crippen LogP contribution in [0.3, 0.4) is 0 Å². The van der Waals surface area contributed by atoms with Gasteiger partial charge in [0.25, 0.3) is 0 Å². The van der Waals surface area contributed by atoms with Crippen molar-refractivity contribution < 1.29 is 19.1 Å². The molecule has 1 rings (SSSR count). The van der Waals surface area contributed by atoms with Crippen molar-refractivity contribution in [3.05, 3.63) is 11.1 Å². The van der Waals surface area contributed by atoms with Crippen LogP contribution in [0.5, 0.6) is 0 Å². The third-order valence-corrected chi connectivity index (χ3v) is 5.46. The van der Waals surface area contributed by atoms with Crippen LogP contribution in [0, 0.1) is 5.92 Å². The van der Waals surface area contributed by atoms with Crippen LogP contribution >= 0.6 is 0 Å². The number of carbonyl (C=O) groups is 2. The van der Waals surface area contributed by atoms with Gasteiger partial charge >= 0.3 is 11.9 Å². The largest absolute Gasteiger partial charge is 0.462 e. The first-order valence-electron chi connectivity index (χ1n) is 11.7. The molecule has 0 aromatic carbocycles. The lowest BCUT2D eigenvalue weighted by Gasteiger charge is -2.25. The third-order valence-electron chi connectivity index (χ3n) is 5.46. The standard InChI is InChI=1S/C24H42O4/c1-4-7-8-9-10-14-17-21(23(25)27-18-5-2)22(24(26)28-19-6-3)20-15-12-11-13-16-20/h20H,4-19H2,1-3H3. The molecule has 4 nitrogen and oxygen atoms in total. The third kappa shape index (κ3) is 9.25. The van der Waals surface area contributed by atoms with E-state index in [9.17, 15) is 9.59 Å². The van der Waals surface area contributed by atoms with Crippen LogP contribution < -0.4 is 0 Å². The quantitative estimate of drug-likeness (QED) is 0.191. The van der Waals surface area contributed by atoms with Crippen molar-refractivity contribution >= 4 is 11.9 Å². The Kier molecular flexibility index (Phi) is 13.8. The van der Waals surface area contributed by atoms with E-state index < -0.39 is 0 Å². The predicted molar refractivity (Wildman–Crippen MR) is 114 cm³/mol. The van der Waals surface area contributed by atoms with E-state index in [0.717, 1.165) is 51.4 Å². The smallest absolute Gasteiger partial charge is 0.334 e. The molecule has 0 radical (unpaired) electrons. The molecule has 0 aliphatic heterocycles. The number of unbranched alkanes of at least 4 members (excludes halogenated alkanes) is 5. The minimum atomic E-state index is -0.301. The molecule has 0 aromatic rings. The van der Waals surface area contributed by atoms with Crippen molar-refractivity contribution in [1.29, 1.82) is 0 Å². The van der Waals surface area contributed by atoms with Crippen LogP contribution in [0.1, 0.15) is 111 Å². The lowest BCUT2D eigenvalue weighted by molar-refractivity contribution is -0.143. The Labute approximate surface area is 172 Å². The number of hydrogen-bond donors (Lipinski definition) is 0. The number of hydrogen-bond acceptors (Lipinski definition) is 4. The van der Waals surface area contributed by atoms with Gasteiger partial charge in [-0.25, -0.2) is 9.59 Å². The van der Waals surface area contributed by atoms with Crippen molar-refractivity contribution in [2.24, 2.45) is 5.92 Å². The minimum absolute atomic E-state index is 0.141. The van der Waals surface area contributed by atoms with Gasteiger partial charge in [0.05, 0.1) is 18.8 Å². The van der Waals surface area contributed by atoms with E-state index in [1.54, 1.807) is 0 Å². The minimum Gasteiger partial charge on any atom is -0.462 e. The van der Waals surface area contributed by atoms with Gasteiger partial charge in [-0.05, 0) is 44.4 Å². The highest BCUT2D eigenvalue weighted by atomic mass is 16.5. The summed E-state index contributed by atoms with van der Waals surface area (Å²) in [7, 11) is 0. The van der Waals surface area contributed by atoms with Crippen LogP contribution in [-0.2, 0) is 19.1 Å². The van der Waals surface area contributed by atoms with Gasteiger partial charge in [0.15, 0.2) is 0 Å². The van der Waals surface area contributed by atoms with E-state index in [1.165, 1.54) is 32.1 Å². The second-order valence-corrected chi connectivity index (χ2v) is 8.02. The van der Waals surface area contributed by atoms with Crippen LogP contribution in [0.2, 0.25) is 0 Å². The Balaban J connectivity index is 2.98. The molecule has 0 saturated heterocycles. The first-order chi connectivity index (χ1) is 13.7. The summed E-state index contributed by atoms with van der Waals surface area (Å²) in [6, 6.07) is 0. The first-order valence-corrected chi connectivity index (χ1v) is 11.7. The fourth-order valence-electron chi connectivity index (χ4n) is 3.91. The molecule has 162 valence electrons. The van der Waals surface area contributed by atoms with Gasteiger partial charge in [0.1, 0.15) is 0 Å². The van der Waals surface area contributed by atoms with Crippen molar-refractivity contribution in [3.8, 4) is 0 Å². The highest BCUT2D eigenvalue weighted by Gasteiger charge is 2.30. The average Bonchev–Trinajstić information content (AvgIpc) is 2.72. The summed E-state index contributed by atoms with van der Waals surface area (Å²) in [5, 5.41) is 0. The van der Waals surface area contributed by atoms with Gasteiger partial charge in [-0.15, -0.1) is 0 Å². The molecule has 0 aromatic heterocycles. The zero-order valence-electron chi connectivity index (χ0n) is 18.5. The maximum Gasteiger partial charge on any atom is 0.334 e. The molecule has 1 saturated carbocycles. The van der Waals surface area contributed by atoms with Gasteiger partial charge in [0.2, 0.25) is 0 Å². The second-order valence-electron chi connectivity index (χ2n) is 8.02. The molecule has 0 bridgehead atoms. The van der Waals surface area contributed by atoms with Crippen molar-refractivity contribution in [3.63, 3.8) is 0 Å². The number of rotatable bonds is 14. The molecule has 28 heavy (non-hydrogen) atoms. The van der Waals surface area contributed by atoms with E-state index >= 15 is 0 Å². The molecule has 4 heteroatoms. The molecule has 1 aliphatic rings. The van der Waals surface area contributed by atoms with Gasteiger partial charge in [-0.1, -0.05) is 72.1 Å². The summed E-state index contributed by atoms with van der Waals surface area (Å²) in [5.74, 6) is -0.449. The molecule has 0 unspecified atom stereocenters. The van der Waals surface area contributed by atoms with Gasteiger partial charge in [-0.2, -0.15) is 0 Å². The molecule has 0 spiro atoms. The zero-order valence-corrected chi connectivity index (χ0v) is 18.5. The second kappa shape index (κ2) is 15.6. The Hall–Kier alpha value is -1.32. The molecule has 0 heterocycles. The molecule has 0 N–H and O–H groups in total. The van der Waals surface area contributed by atoms with E-state index in [0.29, 0.717) is 30.8 Å². The average molecular weight is 395 g/mol. The summed E-state index contributed by atoms with van der Waals surface area (Å²) in [6.07, 6.45) is 14.5. The molecular weight excluding hydrogens is 352 g/mol. The lowest BCUT2D eigenvalue weighted by Crippen LogP contribution is -2.24. The van der Waals surface area contributed by atoms with E-state index in [1.807, 2.05) is 13.8 Å². The van der Waals surface area contributed by atoms with Gasteiger partial charge in [0, 0.05) is 5.57 Å². The van der Waals surface area contributed by atoms with Crippen molar-refractivity contribution in [2.75, 3.05) is 13.2 Å². The maximum atomic E-state index is 12.9. The van der Waals surface area contributed by atoms with E-state index in [4.69, 9.17) is 9.47 Å². The Morgan fingerprint density at radius 1 is 0.714 bits per heavy atom. The number of ether oxygens (including phenoxy) is 2. The summed E-state index contributed by atoms with van der Waals surface area (Å²) in [6.45, 7) is 7.00. The van der Waals surface area contributed by atoms with E-state index in [2.05, 4.69) is 6.92 Å². The highest BCUT2D eigenvalue weighted by Crippen LogP contribution is 2.34. The maximum absolute atomic E-state index is 12.9. The Bertz CT molecular complexity index is 475. The number of carbonyl (C=O) groups excluding carboxylic acids is 2. The highest BCUT2D eigenvalue weighted by molar-refractivity contribution is 6.00. The topological polar surface area (TPSA) is 52.6 Å². The lowest BCUT2D eigenvalue weighted by atomic mass is 9.80. The molecule has 1 aliphatic carbocycles. The summed E-state index contributed by atoms with van der Waals surface area (Å²) < 4.78 is 11.0. The SMILES string of the molecule is CCCCCCCCC(C(=O)OCCC)=C(C(=O)OCCC)C1CCCCC1. The van der Waals surface area contributed by atoms with Gasteiger partial charge in [-0.3, -0.25) is 0 Å². The summed E-state index contributed by atoms with van der Waals surface area (Å²) in [4.78, 5) is 25.8. The van der Waals surface area contributed by atoms with Crippen molar-refractivity contribution in [2.45, 2.75) is 111 Å². The number of esters is 2. The molecule has 0 atom stereocenters. The first kappa shape index (κ1) is 24.7. The molecular formula is C24H42O4.